The van der Waals surface area contributed by atoms with E-state index in [-0.39, 0.29) is 6.10 Å². The van der Waals surface area contributed by atoms with Crippen molar-refractivity contribution < 1.29 is 14.6 Å². The molecule has 1 aromatic carbocycles. The average Bonchev–Trinajstić information content (AvgIpc) is 2.37. The predicted molar refractivity (Wildman–Crippen MR) is 75.2 cm³/mol. The second kappa shape index (κ2) is 5.51. The van der Waals surface area contributed by atoms with Gasteiger partial charge in [-0.15, -0.1) is 0 Å². The Kier molecular flexibility index (Phi) is 4.16. The van der Waals surface area contributed by atoms with E-state index >= 15 is 0 Å². The molecule has 106 valence electrons. The quantitative estimate of drug-likeness (QED) is 0.909. The fraction of sp³-hybridized carbons (Fsp3) is 0.625. The van der Waals surface area contributed by atoms with Crippen molar-refractivity contribution in [1.82, 2.24) is 0 Å². The van der Waals surface area contributed by atoms with E-state index in [2.05, 4.69) is 13.8 Å². The van der Waals surface area contributed by atoms with Gasteiger partial charge in [0.2, 0.25) is 0 Å². The predicted octanol–water partition coefficient (Wildman–Crippen LogP) is 3.37. The Morgan fingerprint density at radius 1 is 1.47 bits per heavy atom. The number of hydrogen-bond donors (Lipinski definition) is 1. The minimum Gasteiger partial charge on any atom is -0.496 e. The minimum atomic E-state index is -1.16. The zero-order valence-electron chi connectivity index (χ0n) is 12.3. The number of hydrogen-bond acceptors (Lipinski definition) is 3. The lowest BCUT2D eigenvalue weighted by molar-refractivity contribution is -0.273. The molecule has 19 heavy (non-hydrogen) atoms. The summed E-state index contributed by atoms with van der Waals surface area (Å²) in [5.74, 6) is 0.143. The highest BCUT2D eigenvalue weighted by molar-refractivity contribution is 5.38. The molecule has 0 radical (unpaired) electrons. The molecule has 1 aliphatic heterocycles. The van der Waals surface area contributed by atoms with Gasteiger partial charge in [0.1, 0.15) is 5.75 Å². The van der Waals surface area contributed by atoms with Crippen LogP contribution in [0, 0.1) is 12.8 Å². The minimum absolute atomic E-state index is 0.135. The highest BCUT2D eigenvalue weighted by Gasteiger charge is 2.39. The van der Waals surface area contributed by atoms with Gasteiger partial charge in [0.15, 0.2) is 5.79 Å². The summed E-state index contributed by atoms with van der Waals surface area (Å²) >= 11 is 0. The summed E-state index contributed by atoms with van der Waals surface area (Å²) in [6.07, 6.45) is 2.74. The maximum Gasteiger partial charge on any atom is 0.192 e. The van der Waals surface area contributed by atoms with Crippen LogP contribution in [0.15, 0.2) is 18.2 Å². The van der Waals surface area contributed by atoms with E-state index in [0.717, 1.165) is 29.7 Å². The summed E-state index contributed by atoms with van der Waals surface area (Å²) in [7, 11) is 1.66. The van der Waals surface area contributed by atoms with Crippen molar-refractivity contribution in [2.24, 2.45) is 5.92 Å². The molecule has 1 aliphatic rings. The summed E-state index contributed by atoms with van der Waals surface area (Å²) < 4.78 is 11.2. The van der Waals surface area contributed by atoms with Gasteiger partial charge in [-0.05, 0) is 49.4 Å². The van der Waals surface area contributed by atoms with Crippen LogP contribution in [-0.4, -0.2) is 18.3 Å². The molecule has 0 amide bonds. The van der Waals surface area contributed by atoms with E-state index in [4.69, 9.17) is 9.47 Å². The molecule has 1 saturated heterocycles. The Hall–Kier alpha value is -1.06. The Morgan fingerprint density at radius 2 is 2.21 bits per heavy atom. The maximum absolute atomic E-state index is 10.8. The molecule has 3 atom stereocenters. The second-order valence-electron chi connectivity index (χ2n) is 5.66. The van der Waals surface area contributed by atoms with Crippen LogP contribution >= 0.6 is 0 Å². The first-order valence-electron chi connectivity index (χ1n) is 7.03. The van der Waals surface area contributed by atoms with Gasteiger partial charge in [0, 0.05) is 12.0 Å². The fourth-order valence-electron chi connectivity index (χ4n) is 2.93. The Morgan fingerprint density at radius 3 is 2.79 bits per heavy atom. The lowest BCUT2D eigenvalue weighted by atomic mass is 9.86. The second-order valence-corrected chi connectivity index (χ2v) is 5.66. The van der Waals surface area contributed by atoms with Crippen LogP contribution in [0.1, 0.15) is 44.2 Å². The van der Waals surface area contributed by atoms with Crippen LogP contribution in [0.2, 0.25) is 0 Å². The van der Waals surface area contributed by atoms with Crippen LogP contribution in [0.5, 0.6) is 5.75 Å². The fourth-order valence-corrected chi connectivity index (χ4v) is 2.93. The molecule has 3 heteroatoms. The van der Waals surface area contributed by atoms with Gasteiger partial charge in [-0.2, -0.15) is 0 Å². The van der Waals surface area contributed by atoms with E-state index in [1.807, 2.05) is 25.1 Å². The van der Waals surface area contributed by atoms with Gasteiger partial charge in [-0.1, -0.05) is 13.8 Å². The van der Waals surface area contributed by atoms with E-state index in [9.17, 15) is 5.11 Å². The van der Waals surface area contributed by atoms with Crippen LogP contribution < -0.4 is 4.74 Å². The first-order valence-corrected chi connectivity index (χ1v) is 7.03. The van der Waals surface area contributed by atoms with Gasteiger partial charge < -0.3 is 14.6 Å². The molecule has 1 N–H and O–H groups in total. The van der Waals surface area contributed by atoms with Crippen LogP contribution in [-0.2, 0) is 10.5 Å². The largest absolute Gasteiger partial charge is 0.496 e. The zero-order valence-corrected chi connectivity index (χ0v) is 12.3. The van der Waals surface area contributed by atoms with E-state index < -0.39 is 5.79 Å². The summed E-state index contributed by atoms with van der Waals surface area (Å²) in [4.78, 5) is 0. The molecule has 1 fully saturated rings. The van der Waals surface area contributed by atoms with Gasteiger partial charge in [-0.25, -0.2) is 0 Å². The van der Waals surface area contributed by atoms with Crippen molar-refractivity contribution in [3.63, 3.8) is 0 Å². The Balaban J connectivity index is 2.30. The zero-order chi connectivity index (χ0) is 14.0. The van der Waals surface area contributed by atoms with Crippen molar-refractivity contribution in [2.75, 3.05) is 7.11 Å². The summed E-state index contributed by atoms with van der Waals surface area (Å²) in [5.41, 5.74) is 1.85. The van der Waals surface area contributed by atoms with E-state index in [0.29, 0.717) is 12.3 Å². The molecule has 1 heterocycles. The topological polar surface area (TPSA) is 38.7 Å². The van der Waals surface area contributed by atoms with Crippen molar-refractivity contribution >= 4 is 0 Å². The lowest BCUT2D eigenvalue weighted by Gasteiger charge is -2.40. The highest BCUT2D eigenvalue weighted by atomic mass is 16.6. The van der Waals surface area contributed by atoms with Crippen molar-refractivity contribution in [3.05, 3.63) is 29.3 Å². The molecule has 3 nitrogen and oxygen atoms in total. The molecule has 0 spiro atoms. The number of ether oxygens (including phenoxy) is 2. The molecular formula is C16H24O3. The van der Waals surface area contributed by atoms with Crippen LogP contribution in [0.25, 0.3) is 0 Å². The molecular weight excluding hydrogens is 240 g/mol. The van der Waals surface area contributed by atoms with Gasteiger partial charge >= 0.3 is 0 Å². The van der Waals surface area contributed by atoms with Crippen molar-refractivity contribution in [2.45, 2.75) is 51.9 Å². The molecule has 1 aromatic rings. The van der Waals surface area contributed by atoms with E-state index in [1.54, 1.807) is 7.11 Å². The molecule has 2 rings (SSSR count). The first kappa shape index (κ1) is 14.4. The highest BCUT2D eigenvalue weighted by Crippen LogP contribution is 2.40. The maximum atomic E-state index is 10.8. The number of methoxy groups -OCH3 is 1. The summed E-state index contributed by atoms with van der Waals surface area (Å²) in [6.45, 7) is 6.25. The number of aryl methyl sites for hydroxylation is 1. The van der Waals surface area contributed by atoms with Crippen molar-refractivity contribution in [1.29, 1.82) is 0 Å². The smallest absolute Gasteiger partial charge is 0.192 e. The number of benzene rings is 1. The summed E-state index contributed by atoms with van der Waals surface area (Å²) in [5, 5.41) is 10.8. The van der Waals surface area contributed by atoms with Gasteiger partial charge in [0.05, 0.1) is 13.2 Å². The monoisotopic (exact) mass is 264 g/mol. The summed E-state index contributed by atoms with van der Waals surface area (Å²) in [6, 6.07) is 5.76. The molecule has 3 unspecified atom stereocenters. The van der Waals surface area contributed by atoms with Gasteiger partial charge in [-0.3, -0.25) is 0 Å². The third kappa shape index (κ3) is 2.93. The normalized spacial score (nSPS) is 31.2. The molecule has 0 bridgehead atoms. The standard InChI is InChI=1S/C16H24O3/c1-5-14-8-11(2)10-16(17,19-14)13-6-7-15(18-4)12(3)9-13/h6-7,9,11,14,17H,5,8,10H2,1-4H3. The van der Waals surface area contributed by atoms with Crippen LogP contribution in [0.3, 0.4) is 0 Å². The third-order valence-electron chi connectivity index (χ3n) is 3.95. The van der Waals surface area contributed by atoms with E-state index in [1.165, 1.54) is 0 Å². The van der Waals surface area contributed by atoms with Crippen molar-refractivity contribution in [3.8, 4) is 5.75 Å². The first-order chi connectivity index (χ1) is 8.98. The number of rotatable bonds is 3. The van der Waals surface area contributed by atoms with Gasteiger partial charge in [0.25, 0.3) is 0 Å². The molecule has 0 saturated carbocycles. The number of aliphatic hydroxyl groups is 1. The Labute approximate surface area is 115 Å². The average molecular weight is 264 g/mol. The molecule has 0 aromatic heterocycles. The van der Waals surface area contributed by atoms with Crippen LogP contribution in [0.4, 0.5) is 0 Å². The SMILES string of the molecule is CCC1CC(C)CC(O)(c2ccc(OC)c(C)c2)O1. The Bertz CT molecular complexity index is 444. The lowest BCUT2D eigenvalue weighted by Crippen LogP contribution is -2.41. The molecule has 0 aliphatic carbocycles. The third-order valence-corrected chi connectivity index (χ3v) is 3.95.